The quantitative estimate of drug-likeness (QED) is 0.664. The van der Waals surface area contributed by atoms with E-state index < -0.39 is 11.5 Å². The number of ether oxygens (including phenoxy) is 1. The van der Waals surface area contributed by atoms with Gasteiger partial charge >= 0.3 is 0 Å². The van der Waals surface area contributed by atoms with Crippen LogP contribution < -0.4 is 15.6 Å². The van der Waals surface area contributed by atoms with E-state index in [1.165, 1.54) is 11.0 Å². The first-order chi connectivity index (χ1) is 15.1. The normalized spacial score (nSPS) is 15.5. The maximum atomic E-state index is 13.0. The number of fused-ring (bicyclic) bond motifs is 1. The van der Waals surface area contributed by atoms with Gasteiger partial charge in [0.15, 0.2) is 5.69 Å². The number of para-hydroxylation sites is 3. The zero-order valence-electron chi connectivity index (χ0n) is 18.0. The zero-order chi connectivity index (χ0) is 21.8. The van der Waals surface area contributed by atoms with Crippen molar-refractivity contribution in [2.45, 2.75) is 25.3 Å². The summed E-state index contributed by atoms with van der Waals surface area (Å²) >= 11 is 0. The third-order valence-electron chi connectivity index (χ3n) is 5.98. The van der Waals surface area contributed by atoms with Crippen molar-refractivity contribution in [2.75, 3.05) is 26.7 Å². The average Bonchev–Trinajstić information content (AvgIpc) is 2.82. The number of rotatable bonds is 6. The third-order valence-corrected chi connectivity index (χ3v) is 5.98. The molecular weight excluding hydrogens is 392 g/mol. The summed E-state index contributed by atoms with van der Waals surface area (Å²) in [4.78, 5) is 32.5. The molecule has 3 aromatic rings. The molecule has 2 heterocycles. The number of aromatic nitrogens is 2. The number of carbonyl (C=O) groups excluding carboxylic acids is 1. The van der Waals surface area contributed by atoms with Crippen LogP contribution in [0.5, 0.6) is 5.75 Å². The number of carbonyl (C=O) groups is 1. The van der Waals surface area contributed by atoms with Crippen LogP contribution in [0.25, 0.3) is 11.0 Å². The van der Waals surface area contributed by atoms with Gasteiger partial charge in [-0.1, -0.05) is 36.8 Å². The van der Waals surface area contributed by atoms with Crippen LogP contribution in [0.4, 0.5) is 0 Å². The summed E-state index contributed by atoms with van der Waals surface area (Å²) in [6.07, 6.45) is 3.48. The minimum absolute atomic E-state index is 0.0373. The summed E-state index contributed by atoms with van der Waals surface area (Å²) in [6, 6.07) is 15.2. The fourth-order valence-electron chi connectivity index (χ4n) is 4.31. The van der Waals surface area contributed by atoms with Gasteiger partial charge in [-0.05, 0) is 44.1 Å². The van der Waals surface area contributed by atoms with E-state index in [4.69, 9.17) is 4.74 Å². The summed E-state index contributed by atoms with van der Waals surface area (Å²) in [6.45, 7) is 2.31. The van der Waals surface area contributed by atoms with Crippen molar-refractivity contribution in [1.82, 2.24) is 19.8 Å². The lowest BCUT2D eigenvalue weighted by atomic mass is 10.0. The second kappa shape index (κ2) is 9.31. The number of likely N-dealkylation sites (tertiary alicyclic amines) is 1. The van der Waals surface area contributed by atoms with Gasteiger partial charge in [0.2, 0.25) is 0 Å². The molecule has 0 spiro atoms. The maximum Gasteiger partial charge on any atom is 0.282 e. The Bertz CT molecular complexity index is 1140. The fraction of sp³-hybridized carbons (Fsp3) is 0.375. The van der Waals surface area contributed by atoms with Crippen LogP contribution in [-0.4, -0.2) is 47.1 Å². The zero-order valence-corrected chi connectivity index (χ0v) is 18.0. The van der Waals surface area contributed by atoms with Crippen molar-refractivity contribution in [3.8, 4) is 5.75 Å². The van der Waals surface area contributed by atoms with E-state index in [1.54, 1.807) is 20.2 Å². The molecule has 0 unspecified atom stereocenters. The molecule has 1 aromatic heterocycles. The number of aryl methyl sites for hydroxylation is 1. The molecule has 31 heavy (non-hydrogen) atoms. The van der Waals surface area contributed by atoms with Crippen LogP contribution in [0, 0.1) is 0 Å². The molecule has 162 valence electrons. The minimum atomic E-state index is -0.455. The van der Waals surface area contributed by atoms with Gasteiger partial charge in [-0.2, -0.15) is 0 Å². The predicted molar refractivity (Wildman–Crippen MR) is 120 cm³/mol. The van der Waals surface area contributed by atoms with E-state index in [0.717, 1.165) is 37.2 Å². The number of piperidine rings is 1. The molecule has 4 rings (SSSR count). The predicted octanol–water partition coefficient (Wildman–Crippen LogP) is 2.90. The number of amides is 1. The van der Waals surface area contributed by atoms with E-state index in [2.05, 4.69) is 15.2 Å². The highest BCUT2D eigenvalue weighted by molar-refractivity contribution is 5.93. The Morgan fingerprint density at radius 2 is 1.81 bits per heavy atom. The second-order valence-electron chi connectivity index (χ2n) is 7.88. The van der Waals surface area contributed by atoms with Crippen LogP contribution in [0.1, 0.15) is 41.4 Å². The summed E-state index contributed by atoms with van der Waals surface area (Å²) in [5.41, 5.74) is 1.87. The van der Waals surface area contributed by atoms with Gasteiger partial charge in [0.1, 0.15) is 5.75 Å². The Balaban J connectivity index is 1.61. The number of hydrogen-bond acceptors (Lipinski definition) is 5. The van der Waals surface area contributed by atoms with E-state index in [0.29, 0.717) is 17.6 Å². The van der Waals surface area contributed by atoms with Crippen molar-refractivity contribution >= 4 is 16.9 Å². The second-order valence-corrected chi connectivity index (χ2v) is 7.88. The molecule has 1 N–H and O–H groups in total. The van der Waals surface area contributed by atoms with Crippen molar-refractivity contribution < 1.29 is 9.53 Å². The Hall–Kier alpha value is -3.19. The van der Waals surface area contributed by atoms with Crippen LogP contribution >= 0.6 is 0 Å². The lowest BCUT2D eigenvalue weighted by Gasteiger charge is -2.35. The van der Waals surface area contributed by atoms with Crippen molar-refractivity contribution in [3.05, 3.63) is 70.1 Å². The summed E-state index contributed by atoms with van der Waals surface area (Å²) < 4.78 is 7.06. The first-order valence-corrected chi connectivity index (χ1v) is 10.7. The molecule has 0 aliphatic carbocycles. The number of nitrogens with one attached hydrogen (secondary N) is 1. The molecule has 2 aromatic carbocycles. The highest BCUT2D eigenvalue weighted by Gasteiger charge is 2.26. The smallest absolute Gasteiger partial charge is 0.282 e. The SMILES string of the molecule is COc1ccccc1[C@H](CNC(=O)c1nc2ccccc2n(C)c1=O)N1CCCCC1. The van der Waals surface area contributed by atoms with E-state index in [-0.39, 0.29) is 11.7 Å². The largest absolute Gasteiger partial charge is 0.496 e. The van der Waals surface area contributed by atoms with E-state index in [1.807, 2.05) is 42.5 Å². The molecular formula is C24H28N4O3. The summed E-state index contributed by atoms with van der Waals surface area (Å²) in [5.74, 6) is 0.343. The molecule has 7 heteroatoms. The molecule has 1 fully saturated rings. The molecule has 1 aliphatic rings. The van der Waals surface area contributed by atoms with Gasteiger partial charge in [-0.3, -0.25) is 14.5 Å². The first-order valence-electron chi connectivity index (χ1n) is 10.7. The Morgan fingerprint density at radius 1 is 1.10 bits per heavy atom. The Morgan fingerprint density at radius 3 is 2.58 bits per heavy atom. The van der Waals surface area contributed by atoms with Crippen LogP contribution in [0.15, 0.2) is 53.3 Å². The molecule has 1 saturated heterocycles. The molecule has 1 aliphatic heterocycles. The van der Waals surface area contributed by atoms with Crippen LogP contribution in [0.2, 0.25) is 0 Å². The molecule has 1 amide bonds. The monoisotopic (exact) mass is 420 g/mol. The van der Waals surface area contributed by atoms with Crippen molar-refractivity contribution in [1.29, 1.82) is 0 Å². The highest BCUT2D eigenvalue weighted by Crippen LogP contribution is 2.30. The molecule has 0 radical (unpaired) electrons. The Kier molecular flexibility index (Phi) is 6.32. The lowest BCUT2D eigenvalue weighted by molar-refractivity contribution is 0.0916. The Labute approximate surface area is 181 Å². The first kappa shape index (κ1) is 21.1. The number of methoxy groups -OCH3 is 1. The standard InChI is InChI=1S/C24H28N4O3/c1-27-19-12-6-5-11-18(19)26-22(24(27)30)23(29)25-16-20(28-14-8-3-9-15-28)17-10-4-7-13-21(17)31-2/h4-7,10-13,20H,3,8-9,14-16H2,1-2H3,(H,25,29)/t20-/m0/s1. The van der Waals surface area contributed by atoms with E-state index >= 15 is 0 Å². The number of nitrogens with zero attached hydrogens (tertiary/aromatic N) is 3. The van der Waals surface area contributed by atoms with Gasteiger partial charge in [-0.25, -0.2) is 4.98 Å². The molecule has 0 saturated carbocycles. The topological polar surface area (TPSA) is 76.5 Å². The lowest BCUT2D eigenvalue weighted by Crippen LogP contribution is -2.42. The van der Waals surface area contributed by atoms with Gasteiger partial charge in [0.25, 0.3) is 11.5 Å². The molecule has 0 bridgehead atoms. The van der Waals surface area contributed by atoms with Crippen LogP contribution in [-0.2, 0) is 7.05 Å². The molecule has 1 atom stereocenters. The van der Waals surface area contributed by atoms with Gasteiger partial charge in [0, 0.05) is 19.2 Å². The summed E-state index contributed by atoms with van der Waals surface area (Å²) in [5, 5.41) is 2.97. The van der Waals surface area contributed by atoms with Gasteiger partial charge in [0.05, 0.1) is 24.2 Å². The fourth-order valence-corrected chi connectivity index (χ4v) is 4.31. The van der Waals surface area contributed by atoms with Gasteiger partial charge in [-0.15, -0.1) is 0 Å². The van der Waals surface area contributed by atoms with Gasteiger partial charge < -0.3 is 14.6 Å². The number of benzene rings is 2. The minimum Gasteiger partial charge on any atom is -0.496 e. The maximum absolute atomic E-state index is 13.0. The van der Waals surface area contributed by atoms with E-state index in [9.17, 15) is 9.59 Å². The van der Waals surface area contributed by atoms with Crippen LogP contribution in [0.3, 0.4) is 0 Å². The average molecular weight is 421 g/mol. The number of hydrogen-bond donors (Lipinski definition) is 1. The van der Waals surface area contributed by atoms with Crippen molar-refractivity contribution in [3.63, 3.8) is 0 Å². The summed E-state index contributed by atoms with van der Waals surface area (Å²) in [7, 11) is 3.32. The molecule has 7 nitrogen and oxygen atoms in total. The highest BCUT2D eigenvalue weighted by atomic mass is 16.5. The van der Waals surface area contributed by atoms with Crippen molar-refractivity contribution in [2.24, 2.45) is 7.05 Å². The third kappa shape index (κ3) is 4.32.